The summed E-state index contributed by atoms with van der Waals surface area (Å²) in [5, 5.41) is 2.92. The second kappa shape index (κ2) is 12.0. The highest BCUT2D eigenvalue weighted by atomic mass is 19.1. The first kappa shape index (κ1) is 26.3. The molecule has 2 unspecified atom stereocenters. The summed E-state index contributed by atoms with van der Waals surface area (Å²) in [6, 6.07) is 15.5. The molecule has 4 rings (SSSR count). The molecule has 194 valence electrons. The van der Waals surface area contributed by atoms with Crippen molar-refractivity contribution in [2.45, 2.75) is 58.7 Å². The van der Waals surface area contributed by atoms with Gasteiger partial charge in [-0.15, -0.1) is 0 Å². The lowest BCUT2D eigenvalue weighted by Crippen LogP contribution is -2.41. The number of hydrogen-bond donors (Lipinski definition) is 1. The number of fused-ring (bicyclic) bond motifs is 1. The van der Waals surface area contributed by atoms with Crippen LogP contribution in [0.5, 0.6) is 5.75 Å². The van der Waals surface area contributed by atoms with E-state index in [4.69, 9.17) is 4.74 Å². The van der Waals surface area contributed by atoms with Gasteiger partial charge in [-0.2, -0.15) is 0 Å². The number of pyridine rings is 1. The van der Waals surface area contributed by atoms with Crippen molar-refractivity contribution in [2.75, 3.05) is 6.54 Å². The maximum Gasteiger partial charge on any atom is 0.261 e. The van der Waals surface area contributed by atoms with E-state index in [1.54, 1.807) is 24.5 Å². The van der Waals surface area contributed by atoms with Gasteiger partial charge in [0.1, 0.15) is 11.6 Å². The molecule has 0 radical (unpaired) electrons. The lowest BCUT2D eigenvalue weighted by atomic mass is 9.87. The molecule has 2 atom stereocenters. The Morgan fingerprint density at radius 1 is 1.16 bits per heavy atom. The standard InChI is InChI=1S/C30H34FN3O3/c1-4-27(30(36)33-19-21-6-5-14-32-18-21)37-25-12-9-22-13-15-34(28(35)16-20(2)3)29(26(22)17-25)23-7-10-24(31)11-8-23/h5-12,14,17-18,20,27,29H,4,13,15-16,19H2,1-3H3,(H,33,36). The molecule has 6 nitrogen and oxygen atoms in total. The van der Waals surface area contributed by atoms with Gasteiger partial charge in [0.25, 0.3) is 5.91 Å². The number of aromatic nitrogens is 1. The lowest BCUT2D eigenvalue weighted by molar-refractivity contribution is -0.134. The summed E-state index contributed by atoms with van der Waals surface area (Å²) in [6.07, 6.45) is 4.40. The minimum atomic E-state index is -0.666. The van der Waals surface area contributed by atoms with Gasteiger partial charge >= 0.3 is 0 Å². The zero-order valence-electron chi connectivity index (χ0n) is 21.6. The summed E-state index contributed by atoms with van der Waals surface area (Å²) in [4.78, 5) is 32.0. The van der Waals surface area contributed by atoms with Crippen molar-refractivity contribution in [2.24, 2.45) is 5.92 Å². The van der Waals surface area contributed by atoms with E-state index in [2.05, 4.69) is 10.3 Å². The largest absolute Gasteiger partial charge is 0.481 e. The van der Waals surface area contributed by atoms with E-state index >= 15 is 0 Å². The number of amides is 2. The molecule has 37 heavy (non-hydrogen) atoms. The second-order valence-electron chi connectivity index (χ2n) is 9.84. The fourth-order valence-electron chi connectivity index (χ4n) is 4.70. The normalized spacial score (nSPS) is 15.7. The molecular weight excluding hydrogens is 469 g/mol. The first-order valence-electron chi connectivity index (χ1n) is 12.9. The Morgan fingerprint density at radius 3 is 2.62 bits per heavy atom. The molecular formula is C30H34FN3O3. The van der Waals surface area contributed by atoms with Gasteiger partial charge in [0, 0.05) is 31.9 Å². The summed E-state index contributed by atoms with van der Waals surface area (Å²) >= 11 is 0. The quantitative estimate of drug-likeness (QED) is 0.435. The van der Waals surface area contributed by atoms with Crippen LogP contribution in [0.2, 0.25) is 0 Å². The molecule has 1 aliphatic heterocycles. The van der Waals surface area contributed by atoms with Crippen LogP contribution in [0.1, 0.15) is 61.9 Å². The average molecular weight is 504 g/mol. The Kier molecular flexibility index (Phi) is 8.54. The highest BCUT2D eigenvalue weighted by Crippen LogP contribution is 2.38. The predicted octanol–water partition coefficient (Wildman–Crippen LogP) is 5.21. The van der Waals surface area contributed by atoms with Crippen molar-refractivity contribution < 1.29 is 18.7 Å². The number of nitrogens with zero attached hydrogens (tertiary/aromatic N) is 2. The predicted molar refractivity (Wildman–Crippen MR) is 140 cm³/mol. The zero-order valence-corrected chi connectivity index (χ0v) is 21.6. The maximum absolute atomic E-state index is 13.7. The molecule has 1 aromatic heterocycles. The van der Waals surface area contributed by atoms with Gasteiger partial charge in [0.05, 0.1) is 6.04 Å². The summed E-state index contributed by atoms with van der Waals surface area (Å²) in [5.74, 6) is 0.343. The van der Waals surface area contributed by atoms with Crippen molar-refractivity contribution >= 4 is 11.8 Å². The fraction of sp³-hybridized carbons (Fsp3) is 0.367. The number of carbonyl (C=O) groups excluding carboxylic acids is 2. The van der Waals surface area contributed by atoms with E-state index < -0.39 is 6.10 Å². The number of rotatable bonds is 9. The van der Waals surface area contributed by atoms with E-state index in [1.807, 2.05) is 56.0 Å². The number of halogens is 1. The molecule has 1 aliphatic rings. The Balaban J connectivity index is 1.58. The minimum absolute atomic E-state index is 0.0718. The van der Waals surface area contributed by atoms with Crippen LogP contribution >= 0.6 is 0 Å². The van der Waals surface area contributed by atoms with Crippen LogP contribution < -0.4 is 10.1 Å². The highest BCUT2D eigenvalue weighted by Gasteiger charge is 2.33. The van der Waals surface area contributed by atoms with Crippen molar-refractivity contribution in [1.82, 2.24) is 15.2 Å². The fourth-order valence-corrected chi connectivity index (χ4v) is 4.70. The molecule has 2 aromatic carbocycles. The molecule has 2 heterocycles. The summed E-state index contributed by atoms with van der Waals surface area (Å²) in [6.45, 7) is 6.92. The van der Waals surface area contributed by atoms with Gasteiger partial charge in [-0.25, -0.2) is 4.39 Å². The smallest absolute Gasteiger partial charge is 0.261 e. The zero-order chi connectivity index (χ0) is 26.4. The first-order chi connectivity index (χ1) is 17.9. The molecule has 0 aliphatic carbocycles. The lowest BCUT2D eigenvalue weighted by Gasteiger charge is -2.38. The third-order valence-electron chi connectivity index (χ3n) is 6.57. The van der Waals surface area contributed by atoms with E-state index in [-0.39, 0.29) is 29.6 Å². The summed E-state index contributed by atoms with van der Waals surface area (Å²) < 4.78 is 19.9. The highest BCUT2D eigenvalue weighted by molar-refractivity contribution is 5.81. The Hall–Kier alpha value is -3.74. The van der Waals surface area contributed by atoms with Crippen LogP contribution in [-0.2, 0) is 22.6 Å². The van der Waals surface area contributed by atoms with E-state index in [0.29, 0.717) is 31.7 Å². The van der Waals surface area contributed by atoms with E-state index in [1.165, 1.54) is 12.1 Å². The third kappa shape index (κ3) is 6.53. The van der Waals surface area contributed by atoms with Crippen LogP contribution in [0.25, 0.3) is 0 Å². The van der Waals surface area contributed by atoms with E-state index in [9.17, 15) is 14.0 Å². The number of ether oxygens (including phenoxy) is 1. The number of carbonyl (C=O) groups is 2. The molecule has 0 saturated heterocycles. The minimum Gasteiger partial charge on any atom is -0.481 e. The number of benzene rings is 2. The molecule has 7 heteroatoms. The molecule has 3 aromatic rings. The summed E-state index contributed by atoms with van der Waals surface area (Å²) in [7, 11) is 0. The monoisotopic (exact) mass is 503 g/mol. The molecule has 0 saturated carbocycles. The van der Waals surface area contributed by atoms with Crippen molar-refractivity contribution in [3.63, 3.8) is 0 Å². The van der Waals surface area contributed by atoms with Gasteiger partial charge in [-0.1, -0.05) is 45.0 Å². The SMILES string of the molecule is CCC(Oc1ccc2c(c1)C(c1ccc(F)cc1)N(C(=O)CC(C)C)CC2)C(=O)NCc1cccnc1. The van der Waals surface area contributed by atoms with Gasteiger partial charge in [0.2, 0.25) is 5.91 Å². The number of hydrogen-bond acceptors (Lipinski definition) is 4. The van der Waals surface area contributed by atoms with Gasteiger partial charge in [-0.3, -0.25) is 14.6 Å². The number of nitrogens with one attached hydrogen (secondary N) is 1. The molecule has 0 fully saturated rings. The van der Waals surface area contributed by atoms with Crippen molar-refractivity contribution in [1.29, 1.82) is 0 Å². The molecule has 1 N–H and O–H groups in total. The molecule has 0 spiro atoms. The van der Waals surface area contributed by atoms with Crippen molar-refractivity contribution in [3.8, 4) is 5.75 Å². The third-order valence-corrected chi connectivity index (χ3v) is 6.57. The van der Waals surface area contributed by atoms with Crippen LogP contribution in [0.15, 0.2) is 67.0 Å². The van der Waals surface area contributed by atoms with Crippen LogP contribution in [-0.4, -0.2) is 34.3 Å². The molecule has 2 amide bonds. The van der Waals surface area contributed by atoms with Gasteiger partial charge < -0.3 is 15.0 Å². The maximum atomic E-state index is 13.7. The Morgan fingerprint density at radius 2 is 1.95 bits per heavy atom. The summed E-state index contributed by atoms with van der Waals surface area (Å²) in [5.41, 5.74) is 3.81. The van der Waals surface area contributed by atoms with Crippen LogP contribution in [0.3, 0.4) is 0 Å². The Labute approximate surface area is 217 Å². The molecule has 0 bridgehead atoms. The van der Waals surface area contributed by atoms with Gasteiger partial charge in [-0.05, 0) is 71.3 Å². The van der Waals surface area contributed by atoms with Crippen molar-refractivity contribution in [3.05, 3.63) is 95.1 Å². The van der Waals surface area contributed by atoms with Gasteiger partial charge in [0.15, 0.2) is 6.10 Å². The first-order valence-corrected chi connectivity index (χ1v) is 12.9. The van der Waals surface area contributed by atoms with E-state index in [0.717, 1.165) is 28.7 Å². The topological polar surface area (TPSA) is 71.5 Å². The average Bonchev–Trinajstić information content (AvgIpc) is 2.90. The van der Waals surface area contributed by atoms with Crippen LogP contribution in [0.4, 0.5) is 4.39 Å². The second-order valence-corrected chi connectivity index (χ2v) is 9.84. The Bertz CT molecular complexity index is 1210. The van der Waals surface area contributed by atoms with Crippen LogP contribution in [0, 0.1) is 11.7 Å².